The van der Waals surface area contributed by atoms with Gasteiger partial charge in [-0.1, -0.05) is 6.92 Å². The van der Waals surface area contributed by atoms with E-state index < -0.39 is 0 Å². The molecule has 4 nitrogen and oxygen atoms in total. The molecule has 1 fully saturated rings. The van der Waals surface area contributed by atoms with Crippen molar-refractivity contribution in [2.45, 2.75) is 32.2 Å². The fourth-order valence-corrected chi connectivity index (χ4v) is 2.76. The summed E-state index contributed by atoms with van der Waals surface area (Å²) in [6.45, 7) is 3.23. The lowest BCUT2D eigenvalue weighted by molar-refractivity contribution is 0.0827. The molecule has 19 heavy (non-hydrogen) atoms. The first-order chi connectivity index (χ1) is 9.04. The zero-order valence-corrected chi connectivity index (χ0v) is 12.0. The van der Waals surface area contributed by atoms with E-state index >= 15 is 0 Å². The first kappa shape index (κ1) is 13.7. The normalized spacial score (nSPS) is 18.7. The van der Waals surface area contributed by atoms with Gasteiger partial charge in [0, 0.05) is 32.2 Å². The third kappa shape index (κ3) is 2.67. The summed E-state index contributed by atoms with van der Waals surface area (Å²) in [5.41, 5.74) is 8.57. The summed E-state index contributed by atoms with van der Waals surface area (Å²) in [5, 5.41) is 0. The highest BCUT2D eigenvalue weighted by Gasteiger charge is 2.25. The van der Waals surface area contributed by atoms with Crippen molar-refractivity contribution in [2.75, 3.05) is 31.3 Å². The van der Waals surface area contributed by atoms with Gasteiger partial charge in [-0.3, -0.25) is 4.79 Å². The zero-order chi connectivity index (χ0) is 14.0. The standard InChI is InChI=1S/C15H23N3O/c1-4-12-6-5-9-18(12)14-10-11(7-8-13(14)16)15(19)17(2)3/h7-8,10,12H,4-6,9,16H2,1-3H3. The second-order valence-corrected chi connectivity index (χ2v) is 5.37. The van der Waals surface area contributed by atoms with Crippen LogP contribution in [-0.2, 0) is 0 Å². The minimum absolute atomic E-state index is 0.0218. The van der Waals surface area contributed by atoms with E-state index in [9.17, 15) is 4.79 Å². The van der Waals surface area contributed by atoms with Gasteiger partial charge in [0.1, 0.15) is 0 Å². The molecule has 1 amide bonds. The summed E-state index contributed by atoms with van der Waals surface area (Å²) < 4.78 is 0. The summed E-state index contributed by atoms with van der Waals surface area (Å²) >= 11 is 0. The first-order valence-electron chi connectivity index (χ1n) is 6.92. The number of hydrogen-bond acceptors (Lipinski definition) is 3. The molecule has 2 N–H and O–H groups in total. The average Bonchev–Trinajstić information content (AvgIpc) is 2.86. The number of anilines is 2. The molecule has 1 aromatic rings. The monoisotopic (exact) mass is 261 g/mol. The first-order valence-corrected chi connectivity index (χ1v) is 6.92. The van der Waals surface area contributed by atoms with E-state index in [0.29, 0.717) is 11.6 Å². The predicted octanol–water partition coefficient (Wildman–Crippen LogP) is 2.35. The van der Waals surface area contributed by atoms with E-state index in [4.69, 9.17) is 5.73 Å². The van der Waals surface area contributed by atoms with Gasteiger partial charge in [-0.15, -0.1) is 0 Å². The molecule has 0 spiro atoms. The van der Waals surface area contributed by atoms with Crippen LogP contribution in [0.2, 0.25) is 0 Å². The maximum atomic E-state index is 12.0. The lowest BCUT2D eigenvalue weighted by Crippen LogP contribution is -2.30. The molecule has 1 aromatic carbocycles. The molecule has 1 heterocycles. The van der Waals surface area contributed by atoms with Crippen LogP contribution in [0.15, 0.2) is 18.2 Å². The molecule has 2 rings (SSSR count). The molecule has 4 heteroatoms. The Balaban J connectivity index is 2.34. The SMILES string of the molecule is CCC1CCCN1c1cc(C(=O)N(C)C)ccc1N. The number of carbonyl (C=O) groups is 1. The maximum absolute atomic E-state index is 12.0. The van der Waals surface area contributed by atoms with Crippen LogP contribution in [0.1, 0.15) is 36.5 Å². The summed E-state index contributed by atoms with van der Waals surface area (Å²) in [6.07, 6.45) is 3.52. The van der Waals surface area contributed by atoms with Crippen molar-refractivity contribution < 1.29 is 4.79 Å². The second-order valence-electron chi connectivity index (χ2n) is 5.37. The highest BCUT2D eigenvalue weighted by Crippen LogP contribution is 2.32. The summed E-state index contributed by atoms with van der Waals surface area (Å²) in [5.74, 6) is 0.0218. The maximum Gasteiger partial charge on any atom is 0.253 e. The molecule has 0 radical (unpaired) electrons. The largest absolute Gasteiger partial charge is 0.397 e. The fourth-order valence-electron chi connectivity index (χ4n) is 2.76. The number of nitrogen functional groups attached to an aromatic ring is 1. The van der Waals surface area contributed by atoms with Crippen LogP contribution in [0.4, 0.5) is 11.4 Å². The van der Waals surface area contributed by atoms with Gasteiger partial charge in [0.15, 0.2) is 0 Å². The summed E-state index contributed by atoms with van der Waals surface area (Å²) in [4.78, 5) is 16.0. The Morgan fingerprint density at radius 2 is 2.21 bits per heavy atom. The number of rotatable bonds is 3. The number of nitrogens with zero attached hydrogens (tertiary/aromatic N) is 2. The number of benzene rings is 1. The minimum Gasteiger partial charge on any atom is -0.397 e. The van der Waals surface area contributed by atoms with Crippen molar-refractivity contribution >= 4 is 17.3 Å². The smallest absolute Gasteiger partial charge is 0.253 e. The third-order valence-electron chi connectivity index (χ3n) is 3.84. The number of hydrogen-bond donors (Lipinski definition) is 1. The molecule has 0 aliphatic carbocycles. The fraction of sp³-hybridized carbons (Fsp3) is 0.533. The summed E-state index contributed by atoms with van der Waals surface area (Å²) in [7, 11) is 3.53. The van der Waals surface area contributed by atoms with Gasteiger partial charge in [0.25, 0.3) is 5.91 Å². The van der Waals surface area contributed by atoms with Gasteiger partial charge in [-0.2, -0.15) is 0 Å². The third-order valence-corrected chi connectivity index (χ3v) is 3.84. The van der Waals surface area contributed by atoms with Crippen molar-refractivity contribution in [3.63, 3.8) is 0 Å². The molecular weight excluding hydrogens is 238 g/mol. The molecule has 1 aliphatic rings. The molecule has 104 valence electrons. The van der Waals surface area contributed by atoms with Crippen LogP contribution in [0.3, 0.4) is 0 Å². The van der Waals surface area contributed by atoms with Gasteiger partial charge in [-0.05, 0) is 37.5 Å². The Morgan fingerprint density at radius 1 is 1.47 bits per heavy atom. The number of carbonyl (C=O) groups excluding carboxylic acids is 1. The van der Waals surface area contributed by atoms with Crippen LogP contribution in [-0.4, -0.2) is 37.5 Å². The van der Waals surface area contributed by atoms with E-state index in [1.54, 1.807) is 25.1 Å². The van der Waals surface area contributed by atoms with Gasteiger partial charge in [-0.25, -0.2) is 0 Å². The van der Waals surface area contributed by atoms with E-state index in [0.717, 1.165) is 24.3 Å². The Labute approximate surface area is 115 Å². The van der Waals surface area contributed by atoms with Gasteiger partial charge in [0.2, 0.25) is 0 Å². The van der Waals surface area contributed by atoms with Gasteiger partial charge in [0.05, 0.1) is 11.4 Å². The molecule has 1 aliphatic heterocycles. The van der Waals surface area contributed by atoms with Crippen LogP contribution >= 0.6 is 0 Å². The van der Waals surface area contributed by atoms with E-state index in [-0.39, 0.29) is 5.91 Å². The zero-order valence-electron chi connectivity index (χ0n) is 12.0. The number of amides is 1. The molecule has 0 aromatic heterocycles. The average molecular weight is 261 g/mol. The van der Waals surface area contributed by atoms with Crippen LogP contribution in [0.5, 0.6) is 0 Å². The minimum atomic E-state index is 0.0218. The van der Waals surface area contributed by atoms with Crippen molar-refractivity contribution in [1.29, 1.82) is 0 Å². The molecule has 0 bridgehead atoms. The second kappa shape index (κ2) is 5.51. The van der Waals surface area contributed by atoms with Crippen LogP contribution in [0, 0.1) is 0 Å². The van der Waals surface area contributed by atoms with Crippen molar-refractivity contribution in [3.05, 3.63) is 23.8 Å². The topological polar surface area (TPSA) is 49.6 Å². The van der Waals surface area contributed by atoms with Crippen LogP contribution < -0.4 is 10.6 Å². The predicted molar refractivity (Wildman–Crippen MR) is 79.5 cm³/mol. The highest BCUT2D eigenvalue weighted by molar-refractivity contribution is 5.96. The van der Waals surface area contributed by atoms with Gasteiger partial charge >= 0.3 is 0 Å². The van der Waals surface area contributed by atoms with Crippen molar-refractivity contribution in [3.8, 4) is 0 Å². The molecular formula is C15H23N3O. The molecule has 1 atom stereocenters. The van der Waals surface area contributed by atoms with Crippen molar-refractivity contribution in [1.82, 2.24) is 4.90 Å². The van der Waals surface area contributed by atoms with Gasteiger partial charge < -0.3 is 15.5 Å². The Kier molecular flexibility index (Phi) is 3.98. The lowest BCUT2D eigenvalue weighted by atomic mass is 10.1. The highest BCUT2D eigenvalue weighted by atomic mass is 16.2. The Hall–Kier alpha value is -1.71. The van der Waals surface area contributed by atoms with Crippen molar-refractivity contribution in [2.24, 2.45) is 0 Å². The summed E-state index contributed by atoms with van der Waals surface area (Å²) in [6, 6.07) is 6.13. The number of nitrogens with two attached hydrogens (primary N) is 1. The van der Waals surface area contributed by atoms with E-state index in [2.05, 4.69) is 11.8 Å². The van der Waals surface area contributed by atoms with E-state index in [1.165, 1.54) is 12.8 Å². The molecule has 0 saturated carbocycles. The molecule has 1 unspecified atom stereocenters. The van der Waals surface area contributed by atoms with Crippen LogP contribution in [0.25, 0.3) is 0 Å². The Bertz CT molecular complexity index is 470. The van der Waals surface area contributed by atoms with E-state index in [1.807, 2.05) is 12.1 Å². The lowest BCUT2D eigenvalue weighted by Gasteiger charge is -2.27. The Morgan fingerprint density at radius 3 is 2.84 bits per heavy atom. The quantitative estimate of drug-likeness (QED) is 0.850. The molecule has 1 saturated heterocycles.